The fourth-order valence-corrected chi connectivity index (χ4v) is 2.27. The van der Waals surface area contributed by atoms with Crippen molar-refractivity contribution in [1.82, 2.24) is 9.55 Å². The molecule has 2 rings (SSSR count). The SMILES string of the molecule is CCC(C)c1nc(C2CC2)n(CC(C)C)c1N. The molecule has 3 heteroatoms. The van der Waals surface area contributed by atoms with Crippen LogP contribution in [0.3, 0.4) is 0 Å². The van der Waals surface area contributed by atoms with Crippen molar-refractivity contribution >= 4 is 5.82 Å². The first-order valence-electron chi connectivity index (χ1n) is 6.90. The predicted octanol–water partition coefficient (Wildman–Crippen LogP) is 3.51. The summed E-state index contributed by atoms with van der Waals surface area (Å²) in [5, 5.41) is 0. The van der Waals surface area contributed by atoms with E-state index in [4.69, 9.17) is 10.7 Å². The molecule has 1 saturated carbocycles. The molecule has 0 aromatic carbocycles. The van der Waals surface area contributed by atoms with Crippen LogP contribution >= 0.6 is 0 Å². The Labute approximate surface area is 104 Å². The molecule has 0 amide bonds. The number of anilines is 1. The lowest BCUT2D eigenvalue weighted by atomic mass is 10.1. The van der Waals surface area contributed by atoms with Gasteiger partial charge in [-0.05, 0) is 25.2 Å². The molecule has 0 aliphatic heterocycles. The maximum absolute atomic E-state index is 6.29. The maximum Gasteiger partial charge on any atom is 0.127 e. The van der Waals surface area contributed by atoms with Gasteiger partial charge in [0.2, 0.25) is 0 Å². The molecule has 1 aromatic rings. The zero-order chi connectivity index (χ0) is 12.6. The van der Waals surface area contributed by atoms with E-state index in [9.17, 15) is 0 Å². The minimum absolute atomic E-state index is 0.473. The van der Waals surface area contributed by atoms with Crippen LogP contribution in [-0.4, -0.2) is 9.55 Å². The van der Waals surface area contributed by atoms with Crippen molar-refractivity contribution in [1.29, 1.82) is 0 Å². The molecule has 0 bridgehead atoms. The lowest BCUT2D eigenvalue weighted by Crippen LogP contribution is -2.11. The summed E-state index contributed by atoms with van der Waals surface area (Å²) in [4.78, 5) is 4.83. The molecule has 1 aliphatic carbocycles. The normalized spacial score (nSPS) is 17.7. The molecule has 3 nitrogen and oxygen atoms in total. The van der Waals surface area contributed by atoms with E-state index in [0.717, 1.165) is 24.5 Å². The van der Waals surface area contributed by atoms with E-state index >= 15 is 0 Å². The van der Waals surface area contributed by atoms with Crippen LogP contribution in [-0.2, 0) is 6.54 Å². The van der Waals surface area contributed by atoms with Crippen LogP contribution < -0.4 is 5.73 Å². The van der Waals surface area contributed by atoms with E-state index in [1.165, 1.54) is 18.7 Å². The van der Waals surface area contributed by atoms with Crippen LogP contribution in [0.1, 0.15) is 70.3 Å². The van der Waals surface area contributed by atoms with Crippen molar-refractivity contribution in [3.63, 3.8) is 0 Å². The second kappa shape index (κ2) is 4.71. The number of hydrogen-bond acceptors (Lipinski definition) is 2. The highest BCUT2D eigenvalue weighted by atomic mass is 15.2. The third-order valence-electron chi connectivity index (χ3n) is 3.63. The third kappa shape index (κ3) is 2.48. The number of nitrogens with zero attached hydrogens (tertiary/aromatic N) is 2. The van der Waals surface area contributed by atoms with Gasteiger partial charge in [-0.3, -0.25) is 0 Å². The Morgan fingerprint density at radius 1 is 1.35 bits per heavy atom. The van der Waals surface area contributed by atoms with Crippen LogP contribution in [0.4, 0.5) is 5.82 Å². The number of nitrogen functional groups attached to an aromatic ring is 1. The summed E-state index contributed by atoms with van der Waals surface area (Å²) >= 11 is 0. The van der Waals surface area contributed by atoms with Crippen molar-refractivity contribution in [2.75, 3.05) is 5.73 Å². The Morgan fingerprint density at radius 3 is 2.47 bits per heavy atom. The highest BCUT2D eigenvalue weighted by Gasteiger charge is 2.31. The average molecular weight is 235 g/mol. The topological polar surface area (TPSA) is 43.8 Å². The van der Waals surface area contributed by atoms with Crippen molar-refractivity contribution in [2.24, 2.45) is 5.92 Å². The van der Waals surface area contributed by atoms with Gasteiger partial charge in [0.05, 0.1) is 5.69 Å². The van der Waals surface area contributed by atoms with Gasteiger partial charge in [0, 0.05) is 18.4 Å². The summed E-state index contributed by atoms with van der Waals surface area (Å²) in [7, 11) is 0. The van der Waals surface area contributed by atoms with Crippen molar-refractivity contribution < 1.29 is 0 Å². The first-order valence-corrected chi connectivity index (χ1v) is 6.90. The minimum atomic E-state index is 0.473. The molecule has 0 radical (unpaired) electrons. The molecule has 17 heavy (non-hydrogen) atoms. The van der Waals surface area contributed by atoms with Gasteiger partial charge in [0.1, 0.15) is 11.6 Å². The molecule has 1 fully saturated rings. The van der Waals surface area contributed by atoms with Crippen molar-refractivity contribution in [3.8, 4) is 0 Å². The van der Waals surface area contributed by atoms with Gasteiger partial charge in [0.15, 0.2) is 0 Å². The van der Waals surface area contributed by atoms with E-state index in [1.54, 1.807) is 0 Å². The Balaban J connectivity index is 2.36. The zero-order valence-corrected chi connectivity index (χ0v) is 11.5. The fraction of sp³-hybridized carbons (Fsp3) is 0.786. The molecular formula is C14H25N3. The average Bonchev–Trinajstić information content (AvgIpc) is 3.06. The Morgan fingerprint density at radius 2 is 2.00 bits per heavy atom. The third-order valence-corrected chi connectivity index (χ3v) is 3.63. The molecular weight excluding hydrogens is 210 g/mol. The summed E-state index contributed by atoms with van der Waals surface area (Å²) in [5.74, 6) is 3.92. The van der Waals surface area contributed by atoms with Crippen LogP contribution in [0.2, 0.25) is 0 Å². The second-order valence-corrected chi connectivity index (χ2v) is 5.83. The van der Waals surface area contributed by atoms with Crippen LogP contribution in [0.25, 0.3) is 0 Å². The molecule has 1 atom stereocenters. The minimum Gasteiger partial charge on any atom is -0.384 e. The summed E-state index contributed by atoms with van der Waals surface area (Å²) in [6.45, 7) is 9.89. The number of hydrogen-bond donors (Lipinski definition) is 1. The van der Waals surface area contributed by atoms with Gasteiger partial charge in [-0.2, -0.15) is 0 Å². The van der Waals surface area contributed by atoms with Crippen LogP contribution in [0.15, 0.2) is 0 Å². The Bertz CT molecular complexity index is 388. The van der Waals surface area contributed by atoms with Crippen molar-refractivity contribution in [3.05, 3.63) is 11.5 Å². The second-order valence-electron chi connectivity index (χ2n) is 5.83. The van der Waals surface area contributed by atoms with Gasteiger partial charge in [-0.1, -0.05) is 27.7 Å². The first kappa shape index (κ1) is 12.5. The standard InChI is InChI=1S/C14H25N3/c1-5-10(4)12-13(15)17(8-9(2)3)14(16-12)11-6-7-11/h9-11H,5-8,15H2,1-4H3. The molecule has 96 valence electrons. The maximum atomic E-state index is 6.29. The number of rotatable bonds is 5. The summed E-state index contributed by atoms with van der Waals surface area (Å²) in [6.07, 6.45) is 3.68. The molecule has 0 saturated heterocycles. The van der Waals surface area contributed by atoms with E-state index in [2.05, 4.69) is 32.3 Å². The van der Waals surface area contributed by atoms with Crippen LogP contribution in [0, 0.1) is 5.92 Å². The van der Waals surface area contributed by atoms with Gasteiger partial charge < -0.3 is 10.3 Å². The van der Waals surface area contributed by atoms with E-state index in [-0.39, 0.29) is 0 Å². The van der Waals surface area contributed by atoms with Crippen LogP contribution in [0.5, 0.6) is 0 Å². The largest absolute Gasteiger partial charge is 0.384 e. The molecule has 0 spiro atoms. The molecule has 1 aromatic heterocycles. The number of aromatic nitrogens is 2. The summed E-state index contributed by atoms with van der Waals surface area (Å²) in [6, 6.07) is 0. The zero-order valence-electron chi connectivity index (χ0n) is 11.5. The molecule has 1 heterocycles. The molecule has 2 N–H and O–H groups in total. The summed E-state index contributed by atoms with van der Waals surface area (Å²) in [5.41, 5.74) is 7.42. The lowest BCUT2D eigenvalue weighted by Gasteiger charge is -2.12. The van der Waals surface area contributed by atoms with E-state index < -0.39 is 0 Å². The van der Waals surface area contributed by atoms with Gasteiger partial charge in [-0.15, -0.1) is 0 Å². The smallest absolute Gasteiger partial charge is 0.127 e. The highest BCUT2D eigenvalue weighted by Crippen LogP contribution is 2.42. The van der Waals surface area contributed by atoms with Crippen molar-refractivity contribution in [2.45, 2.75) is 65.3 Å². The van der Waals surface area contributed by atoms with Gasteiger partial charge in [-0.25, -0.2) is 4.98 Å². The highest BCUT2D eigenvalue weighted by molar-refractivity contribution is 5.41. The Hall–Kier alpha value is -0.990. The van der Waals surface area contributed by atoms with Gasteiger partial charge >= 0.3 is 0 Å². The lowest BCUT2D eigenvalue weighted by molar-refractivity contribution is 0.511. The number of nitrogens with two attached hydrogens (primary N) is 1. The molecule has 1 aliphatic rings. The molecule has 1 unspecified atom stereocenters. The summed E-state index contributed by atoms with van der Waals surface area (Å²) < 4.78 is 2.27. The van der Waals surface area contributed by atoms with E-state index in [0.29, 0.717) is 17.8 Å². The first-order chi connectivity index (χ1) is 8.04. The van der Waals surface area contributed by atoms with E-state index in [1.807, 2.05) is 0 Å². The monoisotopic (exact) mass is 235 g/mol. The van der Waals surface area contributed by atoms with Gasteiger partial charge in [0.25, 0.3) is 0 Å². The quantitative estimate of drug-likeness (QED) is 0.848. The Kier molecular flexibility index (Phi) is 3.45. The predicted molar refractivity (Wildman–Crippen MR) is 72.2 cm³/mol. The number of imidazole rings is 1. The fourth-order valence-electron chi connectivity index (χ4n) is 2.27.